The van der Waals surface area contributed by atoms with Crippen molar-refractivity contribution in [2.24, 2.45) is 0 Å². The topological polar surface area (TPSA) is 114 Å². The van der Waals surface area contributed by atoms with Crippen molar-refractivity contribution in [1.82, 2.24) is 14.4 Å². The smallest absolute Gasteiger partial charge is 0.275 e. The highest BCUT2D eigenvalue weighted by molar-refractivity contribution is 7.17. The summed E-state index contributed by atoms with van der Waals surface area (Å²) in [4.78, 5) is 32.5. The van der Waals surface area contributed by atoms with Gasteiger partial charge in [-0.2, -0.15) is 0 Å². The van der Waals surface area contributed by atoms with Crippen LogP contribution in [0.3, 0.4) is 0 Å². The van der Waals surface area contributed by atoms with Crippen molar-refractivity contribution in [2.75, 3.05) is 0 Å². The molecule has 0 aliphatic carbocycles. The van der Waals surface area contributed by atoms with Crippen molar-refractivity contribution in [1.29, 1.82) is 0 Å². The lowest BCUT2D eigenvalue weighted by atomic mass is 10.1. The molecule has 0 aliphatic rings. The Morgan fingerprint density at radius 1 is 1.41 bits per heavy atom. The van der Waals surface area contributed by atoms with Crippen LogP contribution in [0.2, 0.25) is 0 Å². The molecule has 0 saturated heterocycles. The van der Waals surface area contributed by atoms with E-state index in [0.29, 0.717) is 22.6 Å². The third kappa shape index (κ3) is 3.48. The number of aliphatic hydroxyl groups excluding tert-OH is 1. The summed E-state index contributed by atoms with van der Waals surface area (Å²) in [6.45, 7) is 1.53. The Hall–Kier alpha value is -3.56. The molecule has 9 heteroatoms. The number of thiazole rings is 1. The Kier molecular flexibility index (Phi) is 4.83. The predicted molar refractivity (Wildman–Crippen MR) is 110 cm³/mol. The van der Waals surface area contributed by atoms with E-state index < -0.39 is 11.5 Å². The first-order chi connectivity index (χ1) is 14.0. The van der Waals surface area contributed by atoms with Crippen molar-refractivity contribution >= 4 is 33.8 Å². The van der Waals surface area contributed by atoms with Gasteiger partial charge < -0.3 is 10.1 Å². The molecule has 8 nitrogen and oxygen atoms in total. The zero-order chi connectivity index (χ0) is 20.5. The summed E-state index contributed by atoms with van der Waals surface area (Å²) in [5.74, 6) is -0.190. The second kappa shape index (κ2) is 7.46. The van der Waals surface area contributed by atoms with Gasteiger partial charge in [-0.3, -0.25) is 19.3 Å². The van der Waals surface area contributed by atoms with E-state index in [1.165, 1.54) is 29.5 Å². The van der Waals surface area contributed by atoms with Gasteiger partial charge in [0.05, 0.1) is 34.2 Å². The minimum Gasteiger partial charge on any atom is -0.391 e. The molecule has 0 radical (unpaired) electrons. The number of fused-ring (bicyclic) bond motifs is 1. The van der Waals surface area contributed by atoms with Gasteiger partial charge in [0.15, 0.2) is 4.96 Å². The average molecular weight is 408 g/mol. The maximum atomic E-state index is 12.4. The number of hydrogen-bond donors (Lipinski definition) is 2. The molecule has 2 N–H and O–H groups in total. The normalized spacial score (nSPS) is 11.5. The maximum absolute atomic E-state index is 12.4. The second-order valence-corrected chi connectivity index (χ2v) is 7.59. The van der Waals surface area contributed by atoms with E-state index in [1.54, 1.807) is 30.5 Å². The fourth-order valence-corrected chi connectivity index (χ4v) is 3.92. The number of aryl methyl sites for hydroxylation is 1. The number of carbonyl (C=O) groups is 1. The monoisotopic (exact) mass is 408 g/mol. The van der Waals surface area contributed by atoms with E-state index in [1.807, 2.05) is 17.5 Å². The van der Waals surface area contributed by atoms with Gasteiger partial charge in [0, 0.05) is 28.9 Å². The molecule has 4 aromatic rings. The Morgan fingerprint density at radius 3 is 2.93 bits per heavy atom. The highest BCUT2D eigenvalue weighted by Gasteiger charge is 2.19. The standard InChI is InChI=1S/C20H16N4O4S/c1-12-10-23-16(6-7-18(26)15-3-2-8-21-15)19(22-20(23)29-12)13-4-5-14(11-25)17(9-13)24(27)28/h2-10,21,25H,11H2,1H3. The van der Waals surface area contributed by atoms with Crippen LogP contribution in [0.15, 0.2) is 48.8 Å². The second-order valence-electron chi connectivity index (χ2n) is 6.38. The molecular formula is C20H16N4O4S. The number of aromatic amines is 1. The van der Waals surface area contributed by atoms with E-state index in [4.69, 9.17) is 0 Å². The van der Waals surface area contributed by atoms with E-state index >= 15 is 0 Å². The fourth-order valence-electron chi connectivity index (χ4n) is 3.09. The first-order valence-electron chi connectivity index (χ1n) is 8.70. The molecule has 0 saturated carbocycles. The van der Waals surface area contributed by atoms with Gasteiger partial charge in [-0.25, -0.2) is 4.98 Å². The number of rotatable bonds is 6. The number of hydrogen-bond acceptors (Lipinski definition) is 6. The number of nitro groups is 1. The van der Waals surface area contributed by atoms with Gasteiger partial charge in [0.2, 0.25) is 5.78 Å². The number of allylic oxidation sites excluding steroid dienone is 1. The van der Waals surface area contributed by atoms with Gasteiger partial charge in [-0.05, 0) is 37.3 Å². The lowest BCUT2D eigenvalue weighted by Crippen LogP contribution is -1.97. The van der Waals surface area contributed by atoms with E-state index in [0.717, 1.165) is 9.84 Å². The molecule has 0 amide bonds. The zero-order valence-corrected chi connectivity index (χ0v) is 16.1. The van der Waals surface area contributed by atoms with Crippen LogP contribution >= 0.6 is 11.3 Å². The molecule has 4 rings (SSSR count). The van der Waals surface area contributed by atoms with Crippen molar-refractivity contribution in [3.8, 4) is 11.3 Å². The number of H-pyrrole nitrogens is 1. The summed E-state index contributed by atoms with van der Waals surface area (Å²) in [6, 6.07) is 8.03. The Bertz CT molecular complexity index is 1250. The van der Waals surface area contributed by atoms with Crippen molar-refractivity contribution in [2.45, 2.75) is 13.5 Å². The van der Waals surface area contributed by atoms with Crippen LogP contribution in [-0.4, -0.2) is 30.2 Å². The zero-order valence-electron chi connectivity index (χ0n) is 15.3. The summed E-state index contributed by atoms with van der Waals surface area (Å²) in [5.41, 5.74) is 2.24. The molecule has 29 heavy (non-hydrogen) atoms. The molecule has 0 aliphatic heterocycles. The molecule has 0 atom stereocenters. The molecule has 0 unspecified atom stereocenters. The van der Waals surface area contributed by atoms with E-state index in [9.17, 15) is 20.0 Å². The summed E-state index contributed by atoms with van der Waals surface area (Å²) < 4.78 is 1.86. The number of nitrogens with one attached hydrogen (secondary N) is 1. The SMILES string of the molecule is Cc1cn2c(C=CC(=O)c3ccc[nH]3)c(-c3ccc(CO)c([N+](=O)[O-])c3)nc2s1. The van der Waals surface area contributed by atoms with Crippen LogP contribution in [-0.2, 0) is 6.61 Å². The number of ketones is 1. The highest BCUT2D eigenvalue weighted by Crippen LogP contribution is 2.32. The van der Waals surface area contributed by atoms with Gasteiger partial charge in [0.1, 0.15) is 0 Å². The third-order valence-electron chi connectivity index (χ3n) is 4.46. The van der Waals surface area contributed by atoms with Crippen molar-refractivity contribution in [3.63, 3.8) is 0 Å². The van der Waals surface area contributed by atoms with Crippen LogP contribution < -0.4 is 0 Å². The Labute approximate surface area is 168 Å². The van der Waals surface area contributed by atoms with Crippen LogP contribution in [0.25, 0.3) is 22.3 Å². The molecular weight excluding hydrogens is 392 g/mol. The lowest BCUT2D eigenvalue weighted by Gasteiger charge is -2.04. The molecule has 146 valence electrons. The Morgan fingerprint density at radius 2 is 2.24 bits per heavy atom. The summed E-state index contributed by atoms with van der Waals surface area (Å²) >= 11 is 1.48. The summed E-state index contributed by atoms with van der Waals surface area (Å²) in [5, 5.41) is 20.7. The largest absolute Gasteiger partial charge is 0.391 e. The number of imidazole rings is 1. The van der Waals surface area contributed by atoms with Crippen LogP contribution in [0.1, 0.15) is 26.6 Å². The molecule has 3 heterocycles. The maximum Gasteiger partial charge on any atom is 0.275 e. The first-order valence-corrected chi connectivity index (χ1v) is 9.52. The van der Waals surface area contributed by atoms with E-state index in [2.05, 4.69) is 9.97 Å². The molecule has 0 bridgehead atoms. The fraction of sp³-hybridized carbons (Fsp3) is 0.100. The average Bonchev–Trinajstić information content (AvgIpc) is 3.42. The van der Waals surface area contributed by atoms with Crippen LogP contribution in [0.5, 0.6) is 0 Å². The lowest BCUT2D eigenvalue weighted by molar-refractivity contribution is -0.385. The van der Waals surface area contributed by atoms with Crippen molar-refractivity contribution in [3.05, 3.63) is 80.7 Å². The number of nitrogens with zero attached hydrogens (tertiary/aromatic N) is 3. The molecule has 3 aromatic heterocycles. The quantitative estimate of drug-likeness (QED) is 0.217. The number of nitro benzene ring substituents is 1. The number of aromatic nitrogens is 3. The van der Waals surface area contributed by atoms with Gasteiger partial charge >= 0.3 is 0 Å². The number of benzene rings is 1. The number of aliphatic hydroxyl groups is 1. The van der Waals surface area contributed by atoms with E-state index in [-0.39, 0.29) is 17.0 Å². The predicted octanol–water partition coefficient (Wildman–Crippen LogP) is 4.00. The molecule has 0 fully saturated rings. The minimum atomic E-state index is -0.526. The van der Waals surface area contributed by atoms with Gasteiger partial charge in [-0.1, -0.05) is 6.07 Å². The minimum absolute atomic E-state index is 0.171. The van der Waals surface area contributed by atoms with Crippen LogP contribution in [0.4, 0.5) is 5.69 Å². The summed E-state index contributed by atoms with van der Waals surface area (Å²) in [6.07, 6.45) is 6.69. The summed E-state index contributed by atoms with van der Waals surface area (Å²) in [7, 11) is 0. The highest BCUT2D eigenvalue weighted by atomic mass is 32.1. The Balaban J connectivity index is 1.84. The number of carbonyl (C=O) groups excluding carboxylic acids is 1. The first kappa shape index (κ1) is 18.8. The molecule has 1 aromatic carbocycles. The molecule has 0 spiro atoms. The van der Waals surface area contributed by atoms with Gasteiger partial charge in [0.25, 0.3) is 5.69 Å². The third-order valence-corrected chi connectivity index (χ3v) is 5.36. The van der Waals surface area contributed by atoms with Crippen molar-refractivity contribution < 1.29 is 14.8 Å². The van der Waals surface area contributed by atoms with Crippen LogP contribution in [0, 0.1) is 17.0 Å². The van der Waals surface area contributed by atoms with Gasteiger partial charge in [-0.15, -0.1) is 11.3 Å².